The summed E-state index contributed by atoms with van der Waals surface area (Å²) in [6.45, 7) is 1.94. The van der Waals surface area contributed by atoms with E-state index in [1.807, 2.05) is 36.5 Å². The van der Waals surface area contributed by atoms with Gasteiger partial charge in [-0.05, 0) is 61.9 Å². The topological polar surface area (TPSA) is 91.4 Å². The van der Waals surface area contributed by atoms with E-state index >= 15 is 0 Å². The number of ether oxygens (including phenoxy) is 1. The second-order valence-electron chi connectivity index (χ2n) is 8.74. The van der Waals surface area contributed by atoms with Gasteiger partial charge in [0.15, 0.2) is 0 Å². The molecule has 34 heavy (non-hydrogen) atoms. The molecule has 0 bridgehead atoms. The summed E-state index contributed by atoms with van der Waals surface area (Å²) in [5.41, 5.74) is 4.20. The van der Waals surface area contributed by atoms with E-state index in [9.17, 15) is 14.7 Å². The number of nitrogens with one attached hydrogen (secondary N) is 2. The number of benzene rings is 2. The Kier molecular flexibility index (Phi) is 7.66. The Morgan fingerprint density at radius 1 is 1.24 bits per heavy atom. The number of aromatic amines is 1. The number of amides is 1. The Morgan fingerprint density at radius 2 is 2.09 bits per heavy atom. The summed E-state index contributed by atoms with van der Waals surface area (Å²) in [4.78, 5) is 27.8. The summed E-state index contributed by atoms with van der Waals surface area (Å²) in [7, 11) is 0. The molecule has 1 aromatic heterocycles. The van der Waals surface area contributed by atoms with Gasteiger partial charge in [-0.25, -0.2) is 0 Å². The average Bonchev–Trinajstić information content (AvgIpc) is 3.08. The van der Waals surface area contributed by atoms with Crippen molar-refractivity contribution in [2.24, 2.45) is 0 Å². The lowest BCUT2D eigenvalue weighted by Crippen LogP contribution is -2.39. The standard InChI is InChI=1S/C28H30N2O4/c1-19(32)8-2-3-9-20-14-21-10-6-7-13-34-27(21)25(15-20)28(33)30-23(18-31)16-22-17-29-26-12-5-4-11-24(22)26/h4-5,11-12,14-15,17,23,29,31H,2,6-8,10,13,16,18H2,1H3,(H,30,33)/t23-/m1/s1. The monoisotopic (exact) mass is 458 g/mol. The number of Topliss-reactive ketones (excluding diaryl/α,β-unsaturated/α-hetero) is 1. The molecule has 1 aliphatic heterocycles. The van der Waals surface area contributed by atoms with Crippen LogP contribution < -0.4 is 10.1 Å². The van der Waals surface area contributed by atoms with Gasteiger partial charge in [0.05, 0.1) is 24.8 Å². The van der Waals surface area contributed by atoms with E-state index in [0.29, 0.717) is 37.2 Å². The molecule has 2 heterocycles. The Bertz CT molecular complexity index is 1250. The van der Waals surface area contributed by atoms with Crippen LogP contribution in [0.4, 0.5) is 0 Å². The minimum Gasteiger partial charge on any atom is -0.492 e. The molecule has 0 unspecified atom stereocenters. The van der Waals surface area contributed by atoms with Crippen LogP contribution in [0.3, 0.4) is 0 Å². The number of aliphatic hydroxyl groups is 1. The minimum absolute atomic E-state index is 0.106. The summed E-state index contributed by atoms with van der Waals surface area (Å²) < 4.78 is 5.97. The SMILES string of the molecule is CC(=O)CCC#Cc1cc2c(c(C(=O)N[C@@H](CO)Cc3c[nH]c4ccccc34)c1)OCCCC2. The normalized spacial score (nSPS) is 13.7. The van der Waals surface area contributed by atoms with Gasteiger partial charge in [-0.15, -0.1) is 0 Å². The van der Waals surface area contributed by atoms with Crippen LogP contribution in [0.25, 0.3) is 10.9 Å². The van der Waals surface area contributed by atoms with Crippen LogP contribution >= 0.6 is 0 Å². The first-order valence-corrected chi connectivity index (χ1v) is 11.8. The maximum atomic E-state index is 13.4. The number of rotatable bonds is 7. The van der Waals surface area contributed by atoms with Gasteiger partial charge in [0.1, 0.15) is 11.5 Å². The van der Waals surface area contributed by atoms with Gasteiger partial charge in [-0.1, -0.05) is 30.0 Å². The number of aromatic nitrogens is 1. The maximum Gasteiger partial charge on any atom is 0.255 e. The molecule has 4 rings (SSSR count). The molecular formula is C28H30N2O4. The molecule has 1 aliphatic rings. The van der Waals surface area contributed by atoms with Crippen molar-refractivity contribution >= 4 is 22.6 Å². The fourth-order valence-corrected chi connectivity index (χ4v) is 4.27. The van der Waals surface area contributed by atoms with Crippen molar-refractivity contribution in [1.82, 2.24) is 10.3 Å². The number of H-pyrrole nitrogens is 1. The van der Waals surface area contributed by atoms with Crippen molar-refractivity contribution < 1.29 is 19.4 Å². The summed E-state index contributed by atoms with van der Waals surface area (Å²) in [6, 6.07) is 11.3. The minimum atomic E-state index is -0.446. The van der Waals surface area contributed by atoms with Gasteiger partial charge in [-0.3, -0.25) is 9.59 Å². The highest BCUT2D eigenvalue weighted by molar-refractivity contribution is 5.98. The molecule has 0 saturated heterocycles. The lowest BCUT2D eigenvalue weighted by molar-refractivity contribution is -0.116. The highest BCUT2D eigenvalue weighted by atomic mass is 16.5. The molecule has 3 N–H and O–H groups in total. The zero-order valence-electron chi connectivity index (χ0n) is 19.4. The molecule has 6 heteroatoms. The molecule has 0 spiro atoms. The third kappa shape index (κ3) is 5.67. The predicted octanol–water partition coefficient (Wildman–Crippen LogP) is 3.94. The Hall–Kier alpha value is -3.56. The van der Waals surface area contributed by atoms with Crippen molar-refractivity contribution in [2.45, 2.75) is 51.5 Å². The molecule has 176 valence electrons. The zero-order chi connectivity index (χ0) is 23.9. The van der Waals surface area contributed by atoms with Gasteiger partial charge in [-0.2, -0.15) is 0 Å². The first-order valence-electron chi connectivity index (χ1n) is 11.8. The second kappa shape index (κ2) is 11.0. The van der Waals surface area contributed by atoms with Gasteiger partial charge >= 0.3 is 0 Å². The summed E-state index contributed by atoms with van der Waals surface area (Å²) in [5.74, 6) is 6.56. The van der Waals surface area contributed by atoms with E-state index in [1.165, 1.54) is 0 Å². The Morgan fingerprint density at radius 3 is 2.91 bits per heavy atom. The first-order chi connectivity index (χ1) is 16.5. The van der Waals surface area contributed by atoms with E-state index in [4.69, 9.17) is 4.74 Å². The molecule has 0 fully saturated rings. The first kappa shape index (κ1) is 23.6. The van der Waals surface area contributed by atoms with E-state index < -0.39 is 6.04 Å². The molecule has 1 atom stereocenters. The van der Waals surface area contributed by atoms with Gasteiger partial charge < -0.3 is 20.1 Å². The smallest absolute Gasteiger partial charge is 0.255 e. The largest absolute Gasteiger partial charge is 0.492 e. The molecule has 0 radical (unpaired) electrons. The van der Waals surface area contributed by atoms with Crippen LogP contribution in [-0.4, -0.2) is 41.0 Å². The van der Waals surface area contributed by atoms with E-state index in [-0.39, 0.29) is 18.3 Å². The highest BCUT2D eigenvalue weighted by Gasteiger charge is 2.22. The van der Waals surface area contributed by atoms with Gasteiger partial charge in [0.25, 0.3) is 5.91 Å². The average molecular weight is 459 g/mol. The fraction of sp³-hybridized carbons (Fsp3) is 0.357. The molecule has 3 aromatic rings. The number of aliphatic hydroxyl groups excluding tert-OH is 1. The second-order valence-corrected chi connectivity index (χ2v) is 8.74. The van der Waals surface area contributed by atoms with E-state index in [2.05, 4.69) is 22.1 Å². The fourth-order valence-electron chi connectivity index (χ4n) is 4.27. The van der Waals surface area contributed by atoms with Crippen LogP contribution in [0.2, 0.25) is 0 Å². The number of hydrogen-bond donors (Lipinski definition) is 3. The molecule has 0 aliphatic carbocycles. The number of ketones is 1. The quantitative estimate of drug-likeness (QED) is 0.468. The van der Waals surface area contributed by atoms with Crippen molar-refractivity contribution in [1.29, 1.82) is 0 Å². The Labute approximate surface area is 199 Å². The highest BCUT2D eigenvalue weighted by Crippen LogP contribution is 2.30. The molecular weight excluding hydrogens is 428 g/mol. The van der Waals surface area contributed by atoms with E-state index in [1.54, 1.807) is 13.0 Å². The number of aryl methyl sites for hydroxylation is 1. The molecule has 2 aromatic carbocycles. The zero-order valence-corrected chi connectivity index (χ0v) is 19.4. The van der Waals surface area contributed by atoms with Crippen molar-refractivity contribution in [3.05, 3.63) is 64.8 Å². The van der Waals surface area contributed by atoms with Gasteiger partial charge in [0.2, 0.25) is 0 Å². The lowest BCUT2D eigenvalue weighted by Gasteiger charge is -2.19. The predicted molar refractivity (Wildman–Crippen MR) is 132 cm³/mol. The van der Waals surface area contributed by atoms with E-state index in [0.717, 1.165) is 46.9 Å². The van der Waals surface area contributed by atoms with Crippen LogP contribution in [0.5, 0.6) is 5.75 Å². The van der Waals surface area contributed by atoms with Crippen LogP contribution in [0.15, 0.2) is 42.6 Å². The number of carbonyl (C=O) groups is 2. The van der Waals surface area contributed by atoms with Crippen molar-refractivity contribution in [3.63, 3.8) is 0 Å². The van der Waals surface area contributed by atoms with Gasteiger partial charge in [0, 0.05) is 35.5 Å². The van der Waals surface area contributed by atoms with Crippen LogP contribution in [0.1, 0.15) is 59.7 Å². The number of hydrogen-bond acceptors (Lipinski definition) is 4. The van der Waals surface area contributed by atoms with Crippen LogP contribution in [-0.2, 0) is 17.6 Å². The number of para-hydroxylation sites is 1. The summed E-state index contributed by atoms with van der Waals surface area (Å²) >= 11 is 0. The third-order valence-corrected chi connectivity index (χ3v) is 6.03. The van der Waals surface area contributed by atoms with Crippen molar-refractivity contribution in [3.8, 4) is 17.6 Å². The summed E-state index contributed by atoms with van der Waals surface area (Å²) in [5, 5.41) is 14.1. The molecule has 6 nitrogen and oxygen atoms in total. The Balaban J connectivity index is 1.57. The third-order valence-electron chi connectivity index (χ3n) is 6.03. The van der Waals surface area contributed by atoms with Crippen LogP contribution in [0, 0.1) is 11.8 Å². The van der Waals surface area contributed by atoms with Crippen molar-refractivity contribution in [2.75, 3.05) is 13.2 Å². The number of fused-ring (bicyclic) bond motifs is 2. The molecule has 1 amide bonds. The number of carbonyl (C=O) groups excluding carboxylic acids is 2. The maximum absolute atomic E-state index is 13.4. The molecule has 0 saturated carbocycles. The summed E-state index contributed by atoms with van der Waals surface area (Å²) in [6.07, 6.45) is 6.05. The lowest BCUT2D eigenvalue weighted by atomic mass is 9.99.